The standard InChI is InChI=1S/C20H23N7/c1-5-6-27-11-17(13(4)26-27)18-7-15(16(8-21)19(22)25-18)14-9-23-20(12(2)3)24-10-14/h7,9-12H,5-6H2,1-4H3,(H2,22,25). The van der Waals surface area contributed by atoms with E-state index in [1.54, 1.807) is 12.4 Å². The van der Waals surface area contributed by atoms with Crippen LogP contribution in [0.25, 0.3) is 22.4 Å². The van der Waals surface area contributed by atoms with Gasteiger partial charge in [0.05, 0.1) is 11.4 Å². The quantitative estimate of drug-likeness (QED) is 0.742. The number of hydrogen-bond acceptors (Lipinski definition) is 6. The fraction of sp³-hybridized carbons (Fsp3) is 0.350. The first-order valence-corrected chi connectivity index (χ1v) is 9.01. The largest absolute Gasteiger partial charge is 0.383 e. The third-order valence-electron chi connectivity index (χ3n) is 4.33. The minimum Gasteiger partial charge on any atom is -0.383 e. The lowest BCUT2D eigenvalue weighted by Gasteiger charge is -2.10. The van der Waals surface area contributed by atoms with Crippen LogP contribution in [0.4, 0.5) is 5.82 Å². The van der Waals surface area contributed by atoms with E-state index in [4.69, 9.17) is 5.73 Å². The van der Waals surface area contributed by atoms with Crippen LogP contribution >= 0.6 is 0 Å². The topological polar surface area (TPSA) is 106 Å². The zero-order valence-corrected chi connectivity index (χ0v) is 16.1. The summed E-state index contributed by atoms with van der Waals surface area (Å²) < 4.78 is 1.90. The van der Waals surface area contributed by atoms with Crippen LogP contribution in [0.1, 0.15) is 50.2 Å². The Labute approximate surface area is 158 Å². The Morgan fingerprint density at radius 1 is 1.22 bits per heavy atom. The van der Waals surface area contributed by atoms with Crippen LogP contribution in [0, 0.1) is 18.3 Å². The summed E-state index contributed by atoms with van der Waals surface area (Å²) in [5.74, 6) is 1.19. The normalized spacial score (nSPS) is 11.0. The van der Waals surface area contributed by atoms with Gasteiger partial charge in [0, 0.05) is 47.7 Å². The smallest absolute Gasteiger partial charge is 0.142 e. The highest BCUT2D eigenvalue weighted by Gasteiger charge is 2.17. The average molecular weight is 361 g/mol. The number of nitrogen functional groups attached to an aromatic ring is 1. The molecule has 3 heterocycles. The molecule has 3 rings (SSSR count). The number of hydrogen-bond donors (Lipinski definition) is 1. The number of aromatic nitrogens is 5. The summed E-state index contributed by atoms with van der Waals surface area (Å²) in [7, 11) is 0. The molecule has 0 amide bonds. The zero-order valence-electron chi connectivity index (χ0n) is 16.1. The Morgan fingerprint density at radius 3 is 2.52 bits per heavy atom. The van der Waals surface area contributed by atoms with Gasteiger partial charge in [0.15, 0.2) is 0 Å². The predicted molar refractivity (Wildman–Crippen MR) is 105 cm³/mol. The molecule has 0 aliphatic heterocycles. The monoisotopic (exact) mass is 361 g/mol. The van der Waals surface area contributed by atoms with Gasteiger partial charge in [-0.2, -0.15) is 10.4 Å². The molecule has 0 fully saturated rings. The highest BCUT2D eigenvalue weighted by molar-refractivity contribution is 5.79. The lowest BCUT2D eigenvalue weighted by molar-refractivity contribution is 0.598. The molecule has 138 valence electrons. The van der Waals surface area contributed by atoms with E-state index in [2.05, 4.69) is 33.0 Å². The van der Waals surface area contributed by atoms with Crippen LogP contribution in [-0.2, 0) is 6.54 Å². The lowest BCUT2D eigenvalue weighted by atomic mass is 10.0. The van der Waals surface area contributed by atoms with Gasteiger partial charge in [-0.25, -0.2) is 15.0 Å². The second-order valence-corrected chi connectivity index (χ2v) is 6.80. The van der Waals surface area contributed by atoms with E-state index < -0.39 is 0 Å². The second-order valence-electron chi connectivity index (χ2n) is 6.80. The van der Waals surface area contributed by atoms with Crippen LogP contribution in [0.5, 0.6) is 0 Å². The number of rotatable bonds is 5. The molecule has 0 spiro atoms. The highest BCUT2D eigenvalue weighted by atomic mass is 15.3. The molecular weight excluding hydrogens is 338 g/mol. The van der Waals surface area contributed by atoms with Crippen molar-refractivity contribution in [3.8, 4) is 28.5 Å². The Bertz CT molecular complexity index is 994. The van der Waals surface area contributed by atoms with E-state index >= 15 is 0 Å². The molecule has 7 heteroatoms. The summed E-state index contributed by atoms with van der Waals surface area (Å²) in [6, 6.07) is 4.02. The van der Waals surface area contributed by atoms with Crippen molar-refractivity contribution >= 4 is 5.82 Å². The maximum atomic E-state index is 9.57. The number of aryl methyl sites for hydroxylation is 2. The fourth-order valence-electron chi connectivity index (χ4n) is 2.94. The van der Waals surface area contributed by atoms with E-state index in [9.17, 15) is 5.26 Å². The van der Waals surface area contributed by atoms with Crippen LogP contribution < -0.4 is 5.73 Å². The van der Waals surface area contributed by atoms with Crippen molar-refractivity contribution in [1.29, 1.82) is 5.26 Å². The van der Waals surface area contributed by atoms with Crippen molar-refractivity contribution < 1.29 is 0 Å². The summed E-state index contributed by atoms with van der Waals surface area (Å²) >= 11 is 0. The van der Waals surface area contributed by atoms with Crippen molar-refractivity contribution in [2.45, 2.75) is 46.6 Å². The third-order valence-corrected chi connectivity index (χ3v) is 4.33. The van der Waals surface area contributed by atoms with Crippen molar-refractivity contribution in [2.24, 2.45) is 0 Å². The molecule has 2 N–H and O–H groups in total. The van der Waals surface area contributed by atoms with Crippen molar-refractivity contribution in [2.75, 3.05) is 5.73 Å². The predicted octanol–water partition coefficient (Wildman–Crippen LogP) is 3.70. The van der Waals surface area contributed by atoms with E-state index in [1.807, 2.05) is 37.7 Å². The number of pyridine rings is 1. The van der Waals surface area contributed by atoms with E-state index in [0.717, 1.165) is 35.6 Å². The number of nitriles is 1. The molecule has 3 aromatic heterocycles. The lowest BCUT2D eigenvalue weighted by Crippen LogP contribution is -2.02. The first-order valence-electron chi connectivity index (χ1n) is 9.01. The minimum absolute atomic E-state index is 0.195. The van der Waals surface area contributed by atoms with Crippen LogP contribution in [0.2, 0.25) is 0 Å². The summed E-state index contributed by atoms with van der Waals surface area (Å²) in [4.78, 5) is 13.3. The molecule has 0 aromatic carbocycles. The molecule has 7 nitrogen and oxygen atoms in total. The van der Waals surface area contributed by atoms with Crippen molar-refractivity contribution in [3.05, 3.63) is 41.7 Å². The van der Waals surface area contributed by atoms with Crippen LogP contribution in [0.3, 0.4) is 0 Å². The van der Waals surface area contributed by atoms with Gasteiger partial charge in [-0.05, 0) is 19.4 Å². The Kier molecular flexibility index (Phi) is 5.17. The molecule has 0 aliphatic carbocycles. The molecule has 0 saturated heterocycles. The molecule has 0 atom stereocenters. The Hall–Kier alpha value is -3.27. The number of nitrogens with two attached hydrogens (primary N) is 1. The highest BCUT2D eigenvalue weighted by Crippen LogP contribution is 2.31. The van der Waals surface area contributed by atoms with Crippen molar-refractivity contribution in [3.63, 3.8) is 0 Å². The van der Waals surface area contributed by atoms with E-state index in [1.165, 1.54) is 0 Å². The van der Waals surface area contributed by atoms with Gasteiger partial charge in [0.25, 0.3) is 0 Å². The van der Waals surface area contributed by atoms with Gasteiger partial charge in [0.1, 0.15) is 23.3 Å². The molecule has 0 radical (unpaired) electrons. The van der Waals surface area contributed by atoms with Gasteiger partial charge in [-0.15, -0.1) is 0 Å². The minimum atomic E-state index is 0.195. The molecular formula is C20H23N7. The molecule has 0 bridgehead atoms. The SMILES string of the molecule is CCCn1cc(-c2cc(-c3cnc(C(C)C)nc3)c(C#N)c(N)n2)c(C)n1. The van der Waals surface area contributed by atoms with Crippen LogP contribution in [-0.4, -0.2) is 24.7 Å². The fourth-order valence-corrected chi connectivity index (χ4v) is 2.94. The average Bonchev–Trinajstić information content (AvgIpc) is 3.01. The van der Waals surface area contributed by atoms with E-state index in [0.29, 0.717) is 16.8 Å². The summed E-state index contributed by atoms with van der Waals surface area (Å²) in [5, 5.41) is 14.1. The molecule has 27 heavy (non-hydrogen) atoms. The van der Waals surface area contributed by atoms with Gasteiger partial charge in [0.2, 0.25) is 0 Å². The van der Waals surface area contributed by atoms with Crippen LogP contribution in [0.15, 0.2) is 24.7 Å². The summed E-state index contributed by atoms with van der Waals surface area (Å²) in [6.07, 6.45) is 6.42. The molecule has 0 saturated carbocycles. The number of nitrogens with zero attached hydrogens (tertiary/aromatic N) is 6. The third kappa shape index (κ3) is 3.65. The zero-order chi connectivity index (χ0) is 19.6. The second kappa shape index (κ2) is 7.54. The molecule has 3 aromatic rings. The molecule has 0 unspecified atom stereocenters. The van der Waals surface area contributed by atoms with Gasteiger partial charge < -0.3 is 5.73 Å². The first-order chi connectivity index (χ1) is 12.9. The van der Waals surface area contributed by atoms with E-state index in [-0.39, 0.29) is 11.7 Å². The maximum absolute atomic E-state index is 9.57. The summed E-state index contributed by atoms with van der Waals surface area (Å²) in [6.45, 7) is 8.96. The first kappa shape index (κ1) is 18.5. The Balaban J connectivity index is 2.13. The Morgan fingerprint density at radius 2 is 1.93 bits per heavy atom. The van der Waals surface area contributed by atoms with Gasteiger partial charge in [-0.3, -0.25) is 4.68 Å². The van der Waals surface area contributed by atoms with Crippen molar-refractivity contribution in [1.82, 2.24) is 24.7 Å². The van der Waals surface area contributed by atoms with Gasteiger partial charge >= 0.3 is 0 Å². The van der Waals surface area contributed by atoms with Gasteiger partial charge in [-0.1, -0.05) is 20.8 Å². The number of anilines is 1. The maximum Gasteiger partial charge on any atom is 0.142 e. The summed E-state index contributed by atoms with van der Waals surface area (Å²) in [5.41, 5.74) is 10.3. The molecule has 0 aliphatic rings.